The molecule has 6 rings (SSSR count). The summed E-state index contributed by atoms with van der Waals surface area (Å²) in [5.41, 5.74) is 2.78. The van der Waals surface area contributed by atoms with Crippen molar-refractivity contribution in [3.05, 3.63) is 46.6 Å². The van der Waals surface area contributed by atoms with Crippen LogP contribution >= 0.6 is 23.2 Å². The van der Waals surface area contributed by atoms with Gasteiger partial charge in [0.05, 0.1) is 26.5 Å². The number of aromatic nitrogens is 5. The van der Waals surface area contributed by atoms with Crippen LogP contribution in [0.4, 0.5) is 5.82 Å². The van der Waals surface area contributed by atoms with E-state index in [1.54, 1.807) is 12.4 Å². The molecular formula is C28H35Cl2N7O. The summed E-state index contributed by atoms with van der Waals surface area (Å²) in [6.45, 7) is 3.66. The van der Waals surface area contributed by atoms with Gasteiger partial charge in [-0.3, -0.25) is 4.90 Å². The first-order valence-corrected chi connectivity index (χ1v) is 14.5. The van der Waals surface area contributed by atoms with Crippen LogP contribution in [0.2, 0.25) is 10.0 Å². The molecule has 8 nitrogen and oxygen atoms in total. The Hall–Kier alpha value is -2.39. The molecule has 1 aromatic carbocycles. The molecule has 2 saturated carbocycles. The van der Waals surface area contributed by atoms with Crippen LogP contribution in [0.1, 0.15) is 63.7 Å². The lowest BCUT2D eigenvalue weighted by Crippen LogP contribution is -2.37. The average Bonchev–Trinajstić information content (AvgIpc) is 3.25. The molecule has 0 spiro atoms. The number of unbranched alkanes of at least 4 members (excludes halogenated alkanes) is 1. The fraction of sp³-hybridized carbons (Fsp3) is 0.536. The molecule has 202 valence electrons. The number of hydrogen-bond acceptors (Lipinski definition) is 6. The molecule has 3 atom stereocenters. The van der Waals surface area contributed by atoms with Gasteiger partial charge in [-0.25, -0.2) is 15.0 Å². The minimum absolute atomic E-state index is 0.437. The second-order valence-corrected chi connectivity index (χ2v) is 11.8. The SMILES string of the molecule is CC(O)N(CCCCc1nc2cc(Cl)c(Cl)cc2[nH]1)CC1CCC(n2ccc3c(NC4CC4)ncnc32)C1. The second-order valence-electron chi connectivity index (χ2n) is 11.0. The summed E-state index contributed by atoms with van der Waals surface area (Å²) < 4.78 is 2.34. The normalized spacial score (nSPS) is 20.7. The molecule has 0 bridgehead atoms. The summed E-state index contributed by atoms with van der Waals surface area (Å²) in [5.74, 6) is 2.46. The number of anilines is 1. The number of fused-ring (bicyclic) bond motifs is 2. The van der Waals surface area contributed by atoms with Crippen molar-refractivity contribution in [1.82, 2.24) is 29.4 Å². The van der Waals surface area contributed by atoms with Gasteiger partial charge < -0.3 is 20.0 Å². The Balaban J connectivity index is 1.02. The maximum absolute atomic E-state index is 10.5. The summed E-state index contributed by atoms with van der Waals surface area (Å²) >= 11 is 12.2. The van der Waals surface area contributed by atoms with Gasteiger partial charge in [-0.1, -0.05) is 23.2 Å². The molecule has 10 heteroatoms. The number of hydrogen-bond donors (Lipinski definition) is 3. The third-order valence-corrected chi connectivity index (χ3v) is 8.76. The van der Waals surface area contributed by atoms with Crippen molar-refractivity contribution < 1.29 is 5.11 Å². The van der Waals surface area contributed by atoms with Crippen molar-refractivity contribution >= 4 is 51.1 Å². The van der Waals surface area contributed by atoms with E-state index in [9.17, 15) is 5.11 Å². The van der Waals surface area contributed by atoms with E-state index in [0.717, 1.165) is 85.3 Å². The predicted octanol–water partition coefficient (Wildman–Crippen LogP) is 6.19. The van der Waals surface area contributed by atoms with E-state index in [0.29, 0.717) is 28.0 Å². The van der Waals surface area contributed by atoms with Crippen molar-refractivity contribution in [3.63, 3.8) is 0 Å². The van der Waals surface area contributed by atoms with Crippen LogP contribution in [-0.2, 0) is 6.42 Å². The van der Waals surface area contributed by atoms with E-state index in [1.165, 1.54) is 12.8 Å². The van der Waals surface area contributed by atoms with Crippen LogP contribution in [0.3, 0.4) is 0 Å². The Bertz CT molecular complexity index is 1370. The molecule has 3 N–H and O–H groups in total. The first-order valence-electron chi connectivity index (χ1n) is 13.8. The maximum atomic E-state index is 10.5. The zero-order valence-corrected chi connectivity index (χ0v) is 23.2. The van der Waals surface area contributed by atoms with Crippen LogP contribution in [0.25, 0.3) is 22.1 Å². The predicted molar refractivity (Wildman–Crippen MR) is 153 cm³/mol. The third kappa shape index (κ3) is 5.64. The molecule has 0 saturated heterocycles. The molecule has 0 radical (unpaired) electrons. The van der Waals surface area contributed by atoms with E-state index in [4.69, 9.17) is 23.2 Å². The number of nitrogens with one attached hydrogen (secondary N) is 2. The lowest BCUT2D eigenvalue weighted by Gasteiger charge is -2.28. The third-order valence-electron chi connectivity index (χ3n) is 8.04. The number of aromatic amines is 1. The van der Waals surface area contributed by atoms with Gasteiger partial charge in [0.2, 0.25) is 0 Å². The van der Waals surface area contributed by atoms with Gasteiger partial charge in [0, 0.05) is 37.8 Å². The van der Waals surface area contributed by atoms with Gasteiger partial charge in [0.25, 0.3) is 0 Å². The highest BCUT2D eigenvalue weighted by molar-refractivity contribution is 6.42. The average molecular weight is 557 g/mol. The number of H-pyrrole nitrogens is 1. The van der Waals surface area contributed by atoms with Crippen molar-refractivity contribution in [2.24, 2.45) is 5.92 Å². The molecule has 3 heterocycles. The lowest BCUT2D eigenvalue weighted by molar-refractivity contribution is 0.00731. The summed E-state index contributed by atoms with van der Waals surface area (Å²) in [7, 11) is 0. The number of aliphatic hydroxyl groups is 1. The molecule has 0 aliphatic heterocycles. The molecule has 2 fully saturated rings. The first-order chi connectivity index (χ1) is 18.4. The van der Waals surface area contributed by atoms with Crippen molar-refractivity contribution in [3.8, 4) is 0 Å². The van der Waals surface area contributed by atoms with Crippen LogP contribution in [0, 0.1) is 5.92 Å². The number of aliphatic hydroxyl groups excluding tert-OH is 1. The molecule has 2 aliphatic carbocycles. The van der Waals surface area contributed by atoms with E-state index in [-0.39, 0.29) is 0 Å². The Kier molecular flexibility index (Phi) is 7.49. The molecule has 3 aromatic heterocycles. The highest BCUT2D eigenvalue weighted by Crippen LogP contribution is 2.38. The topological polar surface area (TPSA) is 94.9 Å². The lowest BCUT2D eigenvalue weighted by atomic mass is 10.1. The Labute approximate surface area is 232 Å². The number of nitrogens with zero attached hydrogens (tertiary/aromatic N) is 5. The highest BCUT2D eigenvalue weighted by Gasteiger charge is 2.30. The van der Waals surface area contributed by atoms with Crippen molar-refractivity contribution in [2.75, 3.05) is 18.4 Å². The van der Waals surface area contributed by atoms with Gasteiger partial charge >= 0.3 is 0 Å². The maximum Gasteiger partial charge on any atom is 0.145 e. The summed E-state index contributed by atoms with van der Waals surface area (Å²) in [6, 6.07) is 6.78. The zero-order chi connectivity index (χ0) is 26.2. The fourth-order valence-electron chi connectivity index (χ4n) is 5.81. The van der Waals surface area contributed by atoms with Gasteiger partial charge in [0.1, 0.15) is 29.8 Å². The smallest absolute Gasteiger partial charge is 0.145 e. The van der Waals surface area contributed by atoms with Crippen LogP contribution < -0.4 is 5.32 Å². The number of imidazole rings is 1. The summed E-state index contributed by atoms with van der Waals surface area (Å²) in [6.07, 6.45) is 12.1. The zero-order valence-electron chi connectivity index (χ0n) is 21.7. The number of aryl methyl sites for hydroxylation is 1. The van der Waals surface area contributed by atoms with E-state index in [1.807, 2.05) is 13.0 Å². The Morgan fingerprint density at radius 2 is 2.00 bits per heavy atom. The van der Waals surface area contributed by atoms with Gasteiger partial charge in [-0.2, -0.15) is 0 Å². The van der Waals surface area contributed by atoms with E-state index < -0.39 is 6.23 Å². The Morgan fingerprint density at radius 1 is 1.16 bits per heavy atom. The van der Waals surface area contributed by atoms with Crippen molar-refractivity contribution in [1.29, 1.82) is 0 Å². The first kappa shape index (κ1) is 25.9. The number of rotatable bonds is 11. The molecule has 3 unspecified atom stereocenters. The minimum atomic E-state index is -0.458. The van der Waals surface area contributed by atoms with Gasteiger partial charge in [-0.15, -0.1) is 0 Å². The minimum Gasteiger partial charge on any atom is -0.379 e. The van der Waals surface area contributed by atoms with Crippen molar-refractivity contribution in [2.45, 2.75) is 76.6 Å². The van der Waals surface area contributed by atoms with E-state index >= 15 is 0 Å². The van der Waals surface area contributed by atoms with Gasteiger partial charge in [-0.05, 0) is 76.0 Å². The number of benzene rings is 1. The highest BCUT2D eigenvalue weighted by atomic mass is 35.5. The second kappa shape index (κ2) is 11.0. The van der Waals surface area contributed by atoms with Crippen LogP contribution in [-0.4, -0.2) is 59.9 Å². The van der Waals surface area contributed by atoms with E-state index in [2.05, 4.69) is 47.0 Å². The molecule has 0 amide bonds. The summed E-state index contributed by atoms with van der Waals surface area (Å²) in [4.78, 5) is 19.3. The quantitative estimate of drug-likeness (QED) is 0.151. The standard InChI is InChI=1S/C28H35Cl2N7O/c1-17(38)36(10-3-2-4-26-34-24-13-22(29)23(30)14-25(24)35-26)15-18-5-8-20(12-18)37-11-9-21-27(33-19-6-7-19)31-16-32-28(21)37/h9,11,13-14,16-20,38H,2-8,10,12,15H2,1H3,(H,34,35)(H,31,32,33). The summed E-state index contributed by atoms with van der Waals surface area (Å²) in [5, 5.41) is 16.2. The molecule has 4 aromatic rings. The van der Waals surface area contributed by atoms with Crippen LogP contribution in [0.5, 0.6) is 0 Å². The van der Waals surface area contributed by atoms with Crippen LogP contribution in [0.15, 0.2) is 30.7 Å². The number of halogens is 2. The molecule has 38 heavy (non-hydrogen) atoms. The monoisotopic (exact) mass is 555 g/mol. The van der Waals surface area contributed by atoms with Gasteiger partial charge in [0.15, 0.2) is 0 Å². The largest absolute Gasteiger partial charge is 0.379 e. The Morgan fingerprint density at radius 3 is 2.82 bits per heavy atom. The molecule has 2 aliphatic rings. The molecular weight excluding hydrogens is 521 g/mol. The fourth-order valence-corrected chi connectivity index (χ4v) is 6.14.